The van der Waals surface area contributed by atoms with Gasteiger partial charge in [0.1, 0.15) is 0 Å². The molecule has 0 fully saturated rings. The minimum absolute atomic E-state index is 0.397. The summed E-state index contributed by atoms with van der Waals surface area (Å²) in [6.07, 6.45) is 0.161. The minimum Gasteiger partial charge on any atom is -0.493 e. The Morgan fingerprint density at radius 1 is 1.29 bits per heavy atom. The van der Waals surface area contributed by atoms with Gasteiger partial charge in [0.05, 0.1) is 26.4 Å². The number of hydrogen-bond donors (Lipinski definition) is 2. The van der Waals surface area contributed by atoms with Crippen molar-refractivity contribution in [1.82, 2.24) is 5.32 Å². The highest BCUT2D eigenvalue weighted by Crippen LogP contribution is 2.34. The minimum atomic E-state index is -0.397. The first kappa shape index (κ1) is 18.0. The lowest BCUT2D eigenvalue weighted by Crippen LogP contribution is -2.19. The van der Waals surface area contributed by atoms with E-state index in [0.717, 1.165) is 12.1 Å². The summed E-state index contributed by atoms with van der Waals surface area (Å²) in [5, 5.41) is 13.2. The van der Waals surface area contributed by atoms with Crippen LogP contribution in [0, 0.1) is 0 Å². The van der Waals surface area contributed by atoms with E-state index in [4.69, 9.17) is 25.8 Å². The topological polar surface area (TPSA) is 60.0 Å². The van der Waals surface area contributed by atoms with Gasteiger partial charge in [-0.25, -0.2) is 0 Å². The fourth-order valence-electron chi connectivity index (χ4n) is 1.80. The van der Waals surface area contributed by atoms with Crippen LogP contribution in [0.2, 0.25) is 5.02 Å². The van der Waals surface area contributed by atoms with Crippen molar-refractivity contribution < 1.29 is 19.3 Å². The smallest absolute Gasteiger partial charge is 0.165 e. The Hall–Kier alpha value is -1.01. The van der Waals surface area contributed by atoms with Crippen molar-refractivity contribution >= 4 is 11.6 Å². The van der Waals surface area contributed by atoms with Gasteiger partial charge in [0.25, 0.3) is 0 Å². The monoisotopic (exact) mass is 317 g/mol. The highest BCUT2D eigenvalue weighted by atomic mass is 35.5. The first-order valence-electron chi connectivity index (χ1n) is 6.95. The van der Waals surface area contributed by atoms with Gasteiger partial charge in [-0.05, 0) is 13.0 Å². The van der Waals surface area contributed by atoms with Gasteiger partial charge in [0, 0.05) is 43.3 Å². The number of aliphatic hydroxyl groups is 1. The van der Waals surface area contributed by atoms with E-state index in [-0.39, 0.29) is 0 Å². The summed E-state index contributed by atoms with van der Waals surface area (Å²) < 4.78 is 16.1. The van der Waals surface area contributed by atoms with Crippen molar-refractivity contribution in [2.75, 3.05) is 34.0 Å². The number of ether oxygens (including phenoxy) is 3. The molecule has 0 aromatic heterocycles. The van der Waals surface area contributed by atoms with E-state index in [1.807, 2.05) is 6.07 Å². The summed E-state index contributed by atoms with van der Waals surface area (Å²) in [5.41, 5.74) is 0.918. The molecule has 0 heterocycles. The van der Waals surface area contributed by atoms with E-state index in [1.54, 1.807) is 27.2 Å². The number of methoxy groups -OCH3 is 2. The number of rotatable bonds is 10. The van der Waals surface area contributed by atoms with E-state index < -0.39 is 6.10 Å². The molecule has 0 spiro atoms. The molecule has 21 heavy (non-hydrogen) atoms. The lowest BCUT2D eigenvalue weighted by Gasteiger charge is -2.16. The summed E-state index contributed by atoms with van der Waals surface area (Å²) in [5.74, 6) is 1.25. The largest absolute Gasteiger partial charge is 0.493 e. The number of halogens is 1. The fourth-order valence-corrected chi connectivity index (χ4v) is 2.03. The molecule has 0 bridgehead atoms. The second-order valence-corrected chi connectivity index (χ2v) is 5.19. The van der Waals surface area contributed by atoms with Crippen LogP contribution in [0.1, 0.15) is 18.9 Å². The van der Waals surface area contributed by atoms with E-state index in [0.29, 0.717) is 42.7 Å². The maximum absolute atomic E-state index is 9.31. The standard InChI is InChI=1S/C15H24ClNO4/c1-11(18)4-6-21-15-12(10-17-5-7-19-2)8-13(16)9-14(15)20-3/h8-9,11,17-18H,4-7,10H2,1-3H3. The van der Waals surface area contributed by atoms with E-state index in [2.05, 4.69) is 5.32 Å². The third-order valence-electron chi connectivity index (χ3n) is 2.90. The first-order chi connectivity index (χ1) is 10.1. The zero-order valence-corrected chi connectivity index (χ0v) is 13.6. The van der Waals surface area contributed by atoms with Crippen LogP contribution >= 0.6 is 11.6 Å². The maximum atomic E-state index is 9.31. The average Bonchev–Trinajstić information content (AvgIpc) is 2.44. The highest BCUT2D eigenvalue weighted by Gasteiger charge is 2.13. The molecule has 0 aliphatic heterocycles. The molecule has 0 saturated carbocycles. The summed E-state index contributed by atoms with van der Waals surface area (Å²) in [4.78, 5) is 0. The summed E-state index contributed by atoms with van der Waals surface area (Å²) in [6, 6.07) is 3.57. The van der Waals surface area contributed by atoms with E-state index in [1.165, 1.54) is 0 Å². The molecule has 1 unspecified atom stereocenters. The van der Waals surface area contributed by atoms with Crippen LogP contribution in [0.4, 0.5) is 0 Å². The molecule has 0 aliphatic rings. The first-order valence-corrected chi connectivity index (χ1v) is 7.33. The number of aliphatic hydroxyl groups excluding tert-OH is 1. The third-order valence-corrected chi connectivity index (χ3v) is 3.12. The SMILES string of the molecule is COCCNCc1cc(Cl)cc(OC)c1OCCC(C)O. The Kier molecular flexibility index (Phi) is 8.45. The number of hydrogen-bond acceptors (Lipinski definition) is 5. The molecule has 6 heteroatoms. The predicted molar refractivity (Wildman–Crippen MR) is 83.4 cm³/mol. The molecule has 0 aliphatic carbocycles. The molecule has 5 nitrogen and oxygen atoms in total. The van der Waals surface area contributed by atoms with Gasteiger partial charge in [-0.2, -0.15) is 0 Å². The Labute approximate surface area is 131 Å². The van der Waals surface area contributed by atoms with Gasteiger partial charge in [0.15, 0.2) is 11.5 Å². The number of benzene rings is 1. The van der Waals surface area contributed by atoms with E-state index >= 15 is 0 Å². The van der Waals surface area contributed by atoms with Gasteiger partial charge in [-0.1, -0.05) is 11.6 Å². The van der Waals surface area contributed by atoms with Crippen LogP contribution in [0.5, 0.6) is 11.5 Å². The second-order valence-electron chi connectivity index (χ2n) is 4.75. The zero-order valence-electron chi connectivity index (χ0n) is 12.8. The van der Waals surface area contributed by atoms with Crippen molar-refractivity contribution in [2.45, 2.75) is 26.0 Å². The fraction of sp³-hybridized carbons (Fsp3) is 0.600. The van der Waals surface area contributed by atoms with Gasteiger partial charge in [-0.3, -0.25) is 0 Å². The second kappa shape index (κ2) is 9.84. The van der Waals surface area contributed by atoms with Gasteiger partial charge >= 0.3 is 0 Å². The number of nitrogens with one attached hydrogen (secondary N) is 1. The Balaban J connectivity index is 2.78. The Morgan fingerprint density at radius 3 is 2.67 bits per heavy atom. The molecule has 0 amide bonds. The molecular weight excluding hydrogens is 294 g/mol. The van der Waals surface area contributed by atoms with Gasteiger partial charge in [0.2, 0.25) is 0 Å². The maximum Gasteiger partial charge on any atom is 0.165 e. The molecule has 1 atom stereocenters. The molecular formula is C15H24ClNO4. The normalized spacial score (nSPS) is 12.2. The molecule has 1 aromatic rings. The van der Waals surface area contributed by atoms with Gasteiger partial charge < -0.3 is 24.6 Å². The predicted octanol–water partition coefficient (Wildman–Crippen LogP) is 2.23. The summed E-state index contributed by atoms with van der Waals surface area (Å²) in [6.45, 7) is 4.12. The van der Waals surface area contributed by atoms with Crippen molar-refractivity contribution in [3.63, 3.8) is 0 Å². The Morgan fingerprint density at radius 2 is 2.05 bits per heavy atom. The third kappa shape index (κ3) is 6.52. The van der Waals surface area contributed by atoms with Crippen LogP contribution in [0.25, 0.3) is 0 Å². The quantitative estimate of drug-likeness (QED) is 0.648. The lowest BCUT2D eigenvalue weighted by atomic mass is 10.1. The zero-order chi connectivity index (χ0) is 15.7. The van der Waals surface area contributed by atoms with E-state index in [9.17, 15) is 5.11 Å². The van der Waals surface area contributed by atoms with Crippen LogP contribution in [-0.4, -0.2) is 45.2 Å². The average molecular weight is 318 g/mol. The van der Waals surface area contributed by atoms with Crippen LogP contribution in [0.3, 0.4) is 0 Å². The lowest BCUT2D eigenvalue weighted by molar-refractivity contribution is 0.153. The van der Waals surface area contributed by atoms with Crippen molar-refractivity contribution in [3.8, 4) is 11.5 Å². The Bertz CT molecular complexity index is 426. The molecule has 1 aromatic carbocycles. The molecule has 2 N–H and O–H groups in total. The van der Waals surface area contributed by atoms with Crippen LogP contribution in [0.15, 0.2) is 12.1 Å². The molecule has 1 rings (SSSR count). The molecule has 0 saturated heterocycles. The molecule has 120 valence electrons. The summed E-state index contributed by atoms with van der Waals surface area (Å²) >= 11 is 6.10. The highest BCUT2D eigenvalue weighted by molar-refractivity contribution is 6.30. The molecule has 0 radical (unpaired) electrons. The van der Waals surface area contributed by atoms with Crippen molar-refractivity contribution in [1.29, 1.82) is 0 Å². The van der Waals surface area contributed by atoms with Crippen LogP contribution in [-0.2, 0) is 11.3 Å². The van der Waals surface area contributed by atoms with Gasteiger partial charge in [-0.15, -0.1) is 0 Å². The van der Waals surface area contributed by atoms with Crippen LogP contribution < -0.4 is 14.8 Å². The van der Waals surface area contributed by atoms with Crippen molar-refractivity contribution in [2.24, 2.45) is 0 Å². The summed E-state index contributed by atoms with van der Waals surface area (Å²) in [7, 11) is 3.24. The van der Waals surface area contributed by atoms with Crippen molar-refractivity contribution in [3.05, 3.63) is 22.7 Å².